The van der Waals surface area contributed by atoms with E-state index in [-0.39, 0.29) is 11.9 Å². The van der Waals surface area contributed by atoms with Crippen LogP contribution in [0.3, 0.4) is 0 Å². The summed E-state index contributed by atoms with van der Waals surface area (Å²) >= 11 is 1.74. The molecule has 1 amide bonds. The minimum Gasteiger partial charge on any atom is -0.346 e. The van der Waals surface area contributed by atoms with E-state index >= 15 is 0 Å². The van der Waals surface area contributed by atoms with Crippen molar-refractivity contribution in [2.45, 2.75) is 32.7 Å². The van der Waals surface area contributed by atoms with Crippen molar-refractivity contribution in [1.29, 1.82) is 0 Å². The molecule has 136 valence electrons. The maximum atomic E-state index is 12.5. The maximum absolute atomic E-state index is 12.5. The first kappa shape index (κ1) is 17.0. The molecule has 2 aromatic heterocycles. The van der Waals surface area contributed by atoms with Crippen LogP contribution in [-0.4, -0.2) is 39.6 Å². The number of carbonyl (C=O) groups excluding carboxylic acids is 1. The normalized spacial score (nSPS) is 17.7. The number of hydrogen-bond acceptors (Lipinski definition) is 5. The molecule has 0 bridgehead atoms. The second kappa shape index (κ2) is 6.72. The molecule has 3 heterocycles. The molecule has 0 radical (unpaired) electrons. The zero-order valence-electron chi connectivity index (χ0n) is 15.3. The van der Waals surface area contributed by atoms with Crippen LogP contribution in [0.15, 0.2) is 24.7 Å². The zero-order chi connectivity index (χ0) is 18.3. The van der Waals surface area contributed by atoms with E-state index in [1.165, 1.54) is 15.8 Å². The summed E-state index contributed by atoms with van der Waals surface area (Å²) in [6.07, 6.45) is 5.29. The average Bonchev–Trinajstić information content (AvgIpc) is 3.21. The van der Waals surface area contributed by atoms with Gasteiger partial charge in [0, 0.05) is 26.2 Å². The molecule has 1 N–H and O–H groups in total. The number of aryl methyl sites for hydroxylation is 3. The number of nitrogens with one attached hydrogen (secondary N) is 1. The Balaban J connectivity index is 1.51. The number of thiazole rings is 1. The number of aromatic nitrogens is 3. The van der Waals surface area contributed by atoms with E-state index in [9.17, 15) is 4.79 Å². The van der Waals surface area contributed by atoms with Crippen LogP contribution in [0.1, 0.15) is 34.5 Å². The third-order valence-corrected chi connectivity index (χ3v) is 5.96. The van der Waals surface area contributed by atoms with Crippen molar-refractivity contribution in [2.24, 2.45) is 7.05 Å². The van der Waals surface area contributed by atoms with Crippen LogP contribution in [0.5, 0.6) is 0 Å². The van der Waals surface area contributed by atoms with Crippen LogP contribution in [0.25, 0.3) is 10.2 Å². The first-order chi connectivity index (χ1) is 12.5. The zero-order valence-corrected chi connectivity index (χ0v) is 16.1. The Labute approximate surface area is 156 Å². The molecule has 1 saturated heterocycles. The van der Waals surface area contributed by atoms with Gasteiger partial charge in [-0.2, -0.15) is 0 Å². The predicted octanol–water partition coefficient (Wildman–Crippen LogP) is 3.05. The molecule has 1 unspecified atom stereocenters. The third-order valence-electron chi connectivity index (χ3n) is 4.89. The fourth-order valence-electron chi connectivity index (χ4n) is 3.60. The molecule has 0 aliphatic carbocycles. The Kier molecular flexibility index (Phi) is 4.40. The van der Waals surface area contributed by atoms with Gasteiger partial charge in [0.25, 0.3) is 5.91 Å². The lowest BCUT2D eigenvalue weighted by atomic mass is 10.1. The van der Waals surface area contributed by atoms with Crippen molar-refractivity contribution >= 4 is 32.6 Å². The Bertz CT molecular complexity index is 960. The van der Waals surface area contributed by atoms with Crippen LogP contribution in [-0.2, 0) is 7.05 Å². The van der Waals surface area contributed by atoms with Crippen LogP contribution in [0, 0.1) is 13.8 Å². The highest BCUT2D eigenvalue weighted by molar-refractivity contribution is 7.22. The highest BCUT2D eigenvalue weighted by Gasteiger charge is 2.25. The van der Waals surface area contributed by atoms with Crippen molar-refractivity contribution in [2.75, 3.05) is 18.0 Å². The second-order valence-electron chi connectivity index (χ2n) is 7.07. The number of fused-ring (bicyclic) bond motifs is 1. The van der Waals surface area contributed by atoms with E-state index in [1.54, 1.807) is 28.4 Å². The highest BCUT2D eigenvalue weighted by atomic mass is 32.1. The molecule has 26 heavy (non-hydrogen) atoms. The lowest BCUT2D eigenvalue weighted by Gasteiger charge is -2.32. The monoisotopic (exact) mass is 369 g/mol. The van der Waals surface area contributed by atoms with E-state index in [4.69, 9.17) is 4.98 Å². The fraction of sp³-hybridized carbons (Fsp3) is 0.421. The number of carbonyl (C=O) groups is 1. The molecular formula is C19H23N5OS. The molecule has 3 aromatic rings. The van der Waals surface area contributed by atoms with Gasteiger partial charge in [-0.3, -0.25) is 4.79 Å². The van der Waals surface area contributed by atoms with Gasteiger partial charge in [-0.25, -0.2) is 9.97 Å². The van der Waals surface area contributed by atoms with Crippen molar-refractivity contribution in [3.63, 3.8) is 0 Å². The molecular weight excluding hydrogens is 346 g/mol. The molecule has 1 aromatic carbocycles. The van der Waals surface area contributed by atoms with E-state index < -0.39 is 0 Å². The molecule has 1 atom stereocenters. The number of anilines is 1. The number of hydrogen-bond donors (Lipinski definition) is 1. The quantitative estimate of drug-likeness (QED) is 0.771. The van der Waals surface area contributed by atoms with Crippen LogP contribution < -0.4 is 10.2 Å². The van der Waals surface area contributed by atoms with Gasteiger partial charge < -0.3 is 14.8 Å². The Morgan fingerprint density at radius 3 is 2.96 bits per heavy atom. The Morgan fingerprint density at radius 1 is 1.35 bits per heavy atom. The first-order valence-corrected chi connectivity index (χ1v) is 9.73. The summed E-state index contributed by atoms with van der Waals surface area (Å²) in [5.41, 5.74) is 4.18. The summed E-state index contributed by atoms with van der Waals surface area (Å²) in [4.78, 5) is 23.7. The van der Waals surface area contributed by atoms with Crippen LogP contribution >= 0.6 is 11.3 Å². The highest BCUT2D eigenvalue weighted by Crippen LogP contribution is 2.32. The standard InChI is InChI=1S/C19H23N5OS/c1-12-7-13(2)17-16(8-12)26-19(22-17)24-6-4-5-14(10-24)21-18(25)15-9-20-11-23(15)3/h7-9,11,14H,4-6,10H2,1-3H3,(H,21,25). The average molecular weight is 369 g/mol. The van der Waals surface area contributed by atoms with Crippen molar-refractivity contribution < 1.29 is 4.79 Å². The van der Waals surface area contributed by atoms with E-state index in [0.29, 0.717) is 5.69 Å². The Hall–Kier alpha value is -2.41. The number of amides is 1. The van der Waals surface area contributed by atoms with Crippen molar-refractivity contribution in [3.8, 4) is 0 Å². The molecule has 1 aliphatic rings. The summed E-state index contributed by atoms with van der Waals surface area (Å²) in [5, 5.41) is 4.20. The minimum absolute atomic E-state index is 0.0624. The summed E-state index contributed by atoms with van der Waals surface area (Å²) < 4.78 is 2.98. The topological polar surface area (TPSA) is 63.1 Å². The molecule has 4 rings (SSSR count). The van der Waals surface area contributed by atoms with Gasteiger partial charge in [0.1, 0.15) is 5.69 Å². The molecule has 7 heteroatoms. The summed E-state index contributed by atoms with van der Waals surface area (Å²) in [5.74, 6) is -0.0624. The smallest absolute Gasteiger partial charge is 0.269 e. The number of rotatable bonds is 3. The third kappa shape index (κ3) is 3.19. The summed E-state index contributed by atoms with van der Waals surface area (Å²) in [7, 11) is 1.83. The number of nitrogens with zero attached hydrogens (tertiary/aromatic N) is 4. The van der Waals surface area contributed by atoms with E-state index in [0.717, 1.165) is 36.6 Å². The van der Waals surface area contributed by atoms with Gasteiger partial charge in [0.15, 0.2) is 5.13 Å². The number of piperidine rings is 1. The number of imidazole rings is 1. The summed E-state index contributed by atoms with van der Waals surface area (Å²) in [6.45, 7) is 6.01. The fourth-order valence-corrected chi connectivity index (χ4v) is 4.77. The SMILES string of the molecule is Cc1cc(C)c2nc(N3CCCC(NC(=O)c4cncn4C)C3)sc2c1. The van der Waals surface area contributed by atoms with Crippen LogP contribution in [0.4, 0.5) is 5.13 Å². The van der Waals surface area contributed by atoms with E-state index in [1.807, 2.05) is 7.05 Å². The van der Waals surface area contributed by atoms with Gasteiger partial charge in [-0.15, -0.1) is 0 Å². The Morgan fingerprint density at radius 2 is 2.19 bits per heavy atom. The molecule has 1 aliphatic heterocycles. The van der Waals surface area contributed by atoms with Gasteiger partial charge in [0.2, 0.25) is 0 Å². The molecule has 0 spiro atoms. The first-order valence-electron chi connectivity index (χ1n) is 8.91. The molecule has 1 fully saturated rings. The molecule has 0 saturated carbocycles. The predicted molar refractivity (Wildman–Crippen MR) is 105 cm³/mol. The maximum Gasteiger partial charge on any atom is 0.269 e. The van der Waals surface area contributed by atoms with Gasteiger partial charge in [0.05, 0.1) is 22.7 Å². The minimum atomic E-state index is -0.0624. The summed E-state index contributed by atoms with van der Waals surface area (Å²) in [6, 6.07) is 4.51. The largest absolute Gasteiger partial charge is 0.346 e. The van der Waals surface area contributed by atoms with E-state index in [2.05, 4.69) is 41.2 Å². The lowest BCUT2D eigenvalue weighted by molar-refractivity contribution is 0.0925. The molecule has 6 nitrogen and oxygen atoms in total. The van der Waals surface area contributed by atoms with Gasteiger partial charge in [-0.05, 0) is 43.9 Å². The van der Waals surface area contributed by atoms with Crippen molar-refractivity contribution in [1.82, 2.24) is 19.9 Å². The van der Waals surface area contributed by atoms with Gasteiger partial charge in [-0.1, -0.05) is 17.4 Å². The van der Waals surface area contributed by atoms with Gasteiger partial charge >= 0.3 is 0 Å². The lowest BCUT2D eigenvalue weighted by Crippen LogP contribution is -2.48. The van der Waals surface area contributed by atoms with Crippen LogP contribution in [0.2, 0.25) is 0 Å². The number of benzene rings is 1. The van der Waals surface area contributed by atoms with Crippen molar-refractivity contribution in [3.05, 3.63) is 41.5 Å². The second-order valence-corrected chi connectivity index (χ2v) is 8.08.